The summed E-state index contributed by atoms with van der Waals surface area (Å²) in [4.78, 5) is 4.10. The first kappa shape index (κ1) is 6.36. The van der Waals surface area contributed by atoms with E-state index in [9.17, 15) is 0 Å². The highest BCUT2D eigenvalue weighted by molar-refractivity contribution is 6.80. The number of hydrogen-bond donors (Lipinski definition) is 2. The number of nitrogens with zero attached hydrogens (tertiary/aromatic N) is 1. The lowest BCUT2D eigenvalue weighted by Crippen LogP contribution is -2.18. The lowest BCUT2D eigenvalue weighted by atomic mass is 9.80. The second-order valence-corrected chi connectivity index (χ2v) is 1.73. The summed E-state index contributed by atoms with van der Waals surface area (Å²) >= 11 is 0. The summed E-state index contributed by atoms with van der Waals surface area (Å²) in [5, 5.41) is 2.95. The van der Waals surface area contributed by atoms with E-state index in [1.807, 2.05) is 19.5 Å². The predicted molar refractivity (Wildman–Crippen MR) is 39.4 cm³/mol. The Morgan fingerprint density at radius 2 is 2.67 bits per heavy atom. The minimum Gasteiger partial charge on any atom is -0.360 e. The highest BCUT2D eigenvalue weighted by Gasteiger charge is 1.99. The molecule has 0 aliphatic carbocycles. The first-order valence-corrected chi connectivity index (χ1v) is 2.94. The number of hydrogen-bond acceptors (Lipinski definition) is 2. The number of nitrogens with two attached hydrogens (primary N) is 1. The summed E-state index contributed by atoms with van der Waals surface area (Å²) in [6.45, 7) is 1.31. The highest BCUT2D eigenvalue weighted by Crippen LogP contribution is 1.82. The summed E-state index contributed by atoms with van der Waals surface area (Å²) in [6, 6.07) is 0. The van der Waals surface area contributed by atoms with Crippen LogP contribution < -0.4 is 11.1 Å². The van der Waals surface area contributed by atoms with Gasteiger partial charge in [0.2, 0.25) is 7.28 Å². The van der Waals surface area contributed by atoms with E-state index in [0.29, 0.717) is 13.1 Å². The molecule has 0 amide bonds. The van der Waals surface area contributed by atoms with Crippen LogP contribution in [-0.2, 0) is 0 Å². The molecule has 0 spiro atoms. The van der Waals surface area contributed by atoms with Crippen LogP contribution >= 0.6 is 0 Å². The van der Waals surface area contributed by atoms with Crippen LogP contribution in [0.5, 0.6) is 0 Å². The topological polar surface area (TPSA) is 50.4 Å². The number of amidine groups is 1. The van der Waals surface area contributed by atoms with Crippen molar-refractivity contribution in [2.24, 2.45) is 10.7 Å². The molecule has 3 N–H and O–H groups in total. The zero-order chi connectivity index (χ0) is 6.53. The van der Waals surface area contributed by atoms with Crippen molar-refractivity contribution < 1.29 is 0 Å². The summed E-state index contributed by atoms with van der Waals surface area (Å²) in [5.74, 6) is 1.91. The molecule has 0 fully saturated rings. The number of aliphatic imine (C=N–C) groups is 1. The van der Waals surface area contributed by atoms with Crippen LogP contribution in [0.3, 0.4) is 0 Å². The van der Waals surface area contributed by atoms with Gasteiger partial charge in [-0.25, -0.2) is 0 Å². The summed E-state index contributed by atoms with van der Waals surface area (Å²) in [7, 11) is 1.91. The first-order chi connectivity index (χ1) is 4.43. The van der Waals surface area contributed by atoms with Crippen molar-refractivity contribution in [2.45, 2.75) is 0 Å². The molecule has 4 heteroatoms. The summed E-state index contributed by atoms with van der Waals surface area (Å²) in [5.41, 5.74) is 6.14. The molecule has 0 aromatic rings. The van der Waals surface area contributed by atoms with Gasteiger partial charge in [0.05, 0.1) is 12.3 Å². The molecule has 47 valence electrons. The van der Waals surface area contributed by atoms with Gasteiger partial charge >= 0.3 is 0 Å². The van der Waals surface area contributed by atoms with Gasteiger partial charge in [-0.15, -0.1) is 0 Å². The van der Waals surface area contributed by atoms with Crippen molar-refractivity contribution in [3.05, 3.63) is 12.2 Å². The van der Waals surface area contributed by atoms with Crippen molar-refractivity contribution in [1.29, 1.82) is 0 Å². The highest BCUT2D eigenvalue weighted by atomic mass is 15.0. The molecule has 1 radical (unpaired) electrons. The van der Waals surface area contributed by atoms with E-state index in [-0.39, 0.29) is 0 Å². The molecule has 0 bridgehead atoms. The van der Waals surface area contributed by atoms with Crippen molar-refractivity contribution in [3.63, 3.8) is 0 Å². The van der Waals surface area contributed by atoms with Gasteiger partial charge in [-0.2, -0.15) is 0 Å². The first-order valence-electron chi connectivity index (χ1n) is 2.94. The lowest BCUT2D eigenvalue weighted by Gasteiger charge is -1.94. The van der Waals surface area contributed by atoms with Gasteiger partial charge in [-0.3, -0.25) is 4.99 Å². The van der Waals surface area contributed by atoms with Gasteiger partial charge in [0, 0.05) is 6.54 Å². The maximum Gasteiger partial charge on any atom is 0.231 e. The fraction of sp³-hybridized carbons (Fsp3) is 0.400. The van der Waals surface area contributed by atoms with Crippen molar-refractivity contribution in [3.8, 4) is 0 Å². The average Bonchev–Trinajstić information content (AvgIpc) is 2.34. The van der Waals surface area contributed by atoms with E-state index < -0.39 is 0 Å². The second kappa shape index (κ2) is 3.30. The molecule has 1 aliphatic rings. The van der Waals surface area contributed by atoms with Crippen LogP contribution in [0.15, 0.2) is 17.2 Å². The zero-order valence-corrected chi connectivity index (χ0v) is 5.17. The van der Waals surface area contributed by atoms with Gasteiger partial charge in [0.15, 0.2) is 0 Å². The second-order valence-electron chi connectivity index (χ2n) is 1.73. The molecule has 0 unspecified atom stereocenters. The molecule has 9 heavy (non-hydrogen) atoms. The smallest absolute Gasteiger partial charge is 0.231 e. The molecule has 1 aliphatic heterocycles. The van der Waals surface area contributed by atoms with Crippen LogP contribution in [0.25, 0.3) is 0 Å². The Hall–Kier alpha value is -0.765. The Morgan fingerprint density at radius 3 is 3.22 bits per heavy atom. The van der Waals surface area contributed by atoms with Crippen LogP contribution in [0.2, 0.25) is 0 Å². The molecule has 0 saturated heterocycles. The van der Waals surface area contributed by atoms with E-state index in [1.54, 1.807) is 0 Å². The summed E-state index contributed by atoms with van der Waals surface area (Å²) < 4.78 is 0. The molecule has 1 rings (SSSR count). The molecule has 0 atom stereocenters. The van der Waals surface area contributed by atoms with Gasteiger partial charge in [0.25, 0.3) is 0 Å². The van der Waals surface area contributed by atoms with Crippen molar-refractivity contribution in [2.75, 3.05) is 13.1 Å². The quantitative estimate of drug-likeness (QED) is 0.465. The normalized spacial score (nSPS) is 19.9. The number of rotatable bonds is 2. The summed E-state index contributed by atoms with van der Waals surface area (Å²) in [6.07, 6.45) is 1.84. The largest absolute Gasteiger partial charge is 0.360 e. The molecule has 0 aromatic heterocycles. The minimum absolute atomic E-state index is 0.610. The van der Waals surface area contributed by atoms with Gasteiger partial charge < -0.3 is 11.1 Å². The van der Waals surface area contributed by atoms with Gasteiger partial charge in [-0.05, 0) is 6.20 Å². The third kappa shape index (κ3) is 1.89. The maximum atomic E-state index is 5.24. The number of nitrogens with one attached hydrogen (secondary N) is 1. The van der Waals surface area contributed by atoms with E-state index in [4.69, 9.17) is 5.73 Å². The van der Waals surface area contributed by atoms with Crippen molar-refractivity contribution >= 4 is 13.0 Å². The van der Waals surface area contributed by atoms with Gasteiger partial charge in [-0.1, -0.05) is 5.98 Å². The average molecular weight is 122 g/mol. The monoisotopic (exact) mass is 122 g/mol. The molecule has 1 heterocycles. The Balaban J connectivity index is 2.26. The molecule has 0 saturated carbocycles. The Labute approximate surface area is 55.3 Å². The maximum absolute atomic E-state index is 5.24. The predicted octanol–water partition coefficient (Wildman–Crippen LogP) is -0.920. The molecular formula is C5H9BN3. The fourth-order valence-electron chi connectivity index (χ4n) is 0.604. The van der Waals surface area contributed by atoms with E-state index in [2.05, 4.69) is 10.3 Å². The Kier molecular flexibility index (Phi) is 2.33. The third-order valence-electron chi connectivity index (χ3n) is 0.993. The van der Waals surface area contributed by atoms with Crippen LogP contribution in [0.4, 0.5) is 0 Å². The lowest BCUT2D eigenvalue weighted by molar-refractivity contribution is 0.971. The third-order valence-corrected chi connectivity index (χ3v) is 0.993. The Morgan fingerprint density at radius 1 is 1.78 bits per heavy atom. The molecule has 3 nitrogen and oxygen atoms in total. The van der Waals surface area contributed by atoms with Crippen LogP contribution in [0, 0.1) is 0 Å². The van der Waals surface area contributed by atoms with E-state index >= 15 is 0 Å². The fourth-order valence-corrected chi connectivity index (χ4v) is 0.604. The molecular weight excluding hydrogens is 113 g/mol. The minimum atomic E-state index is 0.610. The van der Waals surface area contributed by atoms with Crippen LogP contribution in [0.1, 0.15) is 0 Å². The van der Waals surface area contributed by atoms with Gasteiger partial charge in [0.1, 0.15) is 0 Å². The standard InChI is InChI=1S/C5H9BN3/c7-2-4-9-5-6-1-3-8-5/h1,3H,2,4,7H2,(H,8,9). The van der Waals surface area contributed by atoms with Crippen LogP contribution in [-0.4, -0.2) is 26.1 Å². The SMILES string of the molecule is NCCN=C1[B]C=CN1. The van der Waals surface area contributed by atoms with E-state index in [1.165, 1.54) is 0 Å². The van der Waals surface area contributed by atoms with E-state index in [0.717, 1.165) is 5.73 Å². The zero-order valence-electron chi connectivity index (χ0n) is 5.17. The Bertz CT molecular complexity index is 131. The van der Waals surface area contributed by atoms with Crippen molar-refractivity contribution in [1.82, 2.24) is 5.32 Å². The molecule has 0 aromatic carbocycles.